The fourth-order valence-electron chi connectivity index (χ4n) is 1.28. The lowest BCUT2D eigenvalue weighted by Crippen LogP contribution is -2.34. The number of nitrogens with zero attached hydrogens (tertiary/aromatic N) is 1. The molecule has 0 aliphatic carbocycles. The van der Waals surface area contributed by atoms with Gasteiger partial charge in [-0.1, -0.05) is 12.1 Å². The molecule has 1 rings (SSSR count). The Morgan fingerprint density at radius 2 is 2.06 bits per heavy atom. The topological polar surface area (TPSA) is 69.6 Å². The minimum Gasteiger partial charge on any atom is -0.478 e. The second kappa shape index (κ2) is 5.29. The number of carbonyl (C=O) groups is 2. The number of carboxylic acids is 1. The van der Waals surface area contributed by atoms with Gasteiger partial charge in [-0.25, -0.2) is 14.0 Å². The average molecular weight is 240 g/mol. The summed E-state index contributed by atoms with van der Waals surface area (Å²) in [5.74, 6) is -2.16. The smallest absolute Gasteiger partial charge is 0.339 e. The summed E-state index contributed by atoms with van der Waals surface area (Å²) in [5, 5.41) is 11.3. The van der Waals surface area contributed by atoms with Crippen LogP contribution in [0, 0.1) is 5.82 Å². The second-order valence-electron chi connectivity index (χ2n) is 3.63. The van der Waals surface area contributed by atoms with Crippen molar-refractivity contribution < 1.29 is 19.1 Å². The molecule has 1 aromatic rings. The molecule has 0 fully saturated rings. The van der Waals surface area contributed by atoms with Crippen molar-refractivity contribution in [3.05, 3.63) is 35.1 Å². The molecular weight excluding hydrogens is 227 g/mol. The first-order valence-electron chi connectivity index (χ1n) is 4.89. The number of amides is 2. The van der Waals surface area contributed by atoms with E-state index < -0.39 is 17.3 Å². The number of urea groups is 1. The zero-order valence-electron chi connectivity index (χ0n) is 9.53. The van der Waals surface area contributed by atoms with Gasteiger partial charge in [0.05, 0.1) is 0 Å². The first-order chi connectivity index (χ1) is 7.93. The number of hydrogen-bond acceptors (Lipinski definition) is 2. The Labute approximate surface area is 97.8 Å². The molecule has 0 saturated carbocycles. The van der Waals surface area contributed by atoms with Crippen LogP contribution in [-0.2, 0) is 6.54 Å². The number of carbonyl (C=O) groups excluding carboxylic acids is 1. The summed E-state index contributed by atoms with van der Waals surface area (Å²) in [6, 6.07) is 3.56. The molecule has 0 bridgehead atoms. The molecular formula is C11H13FN2O3. The van der Waals surface area contributed by atoms with Gasteiger partial charge in [0.15, 0.2) is 0 Å². The van der Waals surface area contributed by atoms with Crippen molar-refractivity contribution in [1.82, 2.24) is 10.2 Å². The average Bonchev–Trinajstić information content (AvgIpc) is 2.24. The van der Waals surface area contributed by atoms with E-state index >= 15 is 0 Å². The van der Waals surface area contributed by atoms with Crippen molar-refractivity contribution in [2.45, 2.75) is 6.54 Å². The van der Waals surface area contributed by atoms with Crippen molar-refractivity contribution in [2.75, 3.05) is 14.1 Å². The second-order valence-corrected chi connectivity index (χ2v) is 3.63. The molecule has 5 nitrogen and oxygen atoms in total. The number of hydrogen-bond donors (Lipinski definition) is 2. The zero-order valence-corrected chi connectivity index (χ0v) is 9.53. The van der Waals surface area contributed by atoms with Crippen LogP contribution in [0.4, 0.5) is 9.18 Å². The SMILES string of the molecule is CN(C)C(=O)NCc1cccc(F)c1C(=O)O. The molecule has 0 heterocycles. The summed E-state index contributed by atoms with van der Waals surface area (Å²) in [4.78, 5) is 23.4. The summed E-state index contributed by atoms with van der Waals surface area (Å²) >= 11 is 0. The molecule has 1 aromatic carbocycles. The molecule has 0 radical (unpaired) electrons. The minimum atomic E-state index is -1.35. The van der Waals surface area contributed by atoms with Crippen LogP contribution in [0.2, 0.25) is 0 Å². The van der Waals surface area contributed by atoms with E-state index in [1.54, 1.807) is 14.1 Å². The van der Waals surface area contributed by atoms with E-state index in [1.807, 2.05) is 0 Å². The number of nitrogens with one attached hydrogen (secondary N) is 1. The van der Waals surface area contributed by atoms with Gasteiger partial charge < -0.3 is 15.3 Å². The Morgan fingerprint density at radius 1 is 1.41 bits per heavy atom. The number of rotatable bonds is 3. The van der Waals surface area contributed by atoms with E-state index in [4.69, 9.17) is 5.11 Å². The summed E-state index contributed by atoms with van der Waals surface area (Å²) in [5.41, 5.74) is -0.181. The lowest BCUT2D eigenvalue weighted by Gasteiger charge is -2.13. The van der Waals surface area contributed by atoms with Crippen LogP contribution >= 0.6 is 0 Å². The van der Waals surface area contributed by atoms with E-state index in [0.717, 1.165) is 6.07 Å². The van der Waals surface area contributed by atoms with Crippen LogP contribution in [0.1, 0.15) is 15.9 Å². The predicted molar refractivity (Wildman–Crippen MR) is 59.3 cm³/mol. The van der Waals surface area contributed by atoms with Gasteiger partial charge in [-0.3, -0.25) is 0 Å². The molecule has 17 heavy (non-hydrogen) atoms. The third-order valence-electron chi connectivity index (χ3n) is 2.15. The third kappa shape index (κ3) is 3.17. The largest absolute Gasteiger partial charge is 0.478 e. The fraction of sp³-hybridized carbons (Fsp3) is 0.273. The van der Waals surface area contributed by atoms with Gasteiger partial charge in [0.1, 0.15) is 11.4 Å². The van der Waals surface area contributed by atoms with Gasteiger partial charge in [-0.05, 0) is 11.6 Å². The van der Waals surface area contributed by atoms with Crippen molar-refractivity contribution in [3.63, 3.8) is 0 Å². The van der Waals surface area contributed by atoms with Crippen molar-refractivity contribution in [3.8, 4) is 0 Å². The molecule has 0 atom stereocenters. The Morgan fingerprint density at radius 3 is 2.59 bits per heavy atom. The van der Waals surface area contributed by atoms with E-state index in [1.165, 1.54) is 17.0 Å². The summed E-state index contributed by atoms with van der Waals surface area (Å²) < 4.78 is 13.3. The molecule has 92 valence electrons. The first kappa shape index (κ1) is 13.0. The van der Waals surface area contributed by atoms with Crippen molar-refractivity contribution >= 4 is 12.0 Å². The highest BCUT2D eigenvalue weighted by Gasteiger charge is 2.15. The van der Waals surface area contributed by atoms with Crippen LogP contribution in [0.3, 0.4) is 0 Å². The van der Waals surface area contributed by atoms with E-state index in [9.17, 15) is 14.0 Å². The van der Waals surface area contributed by atoms with Gasteiger partial charge in [0, 0.05) is 20.6 Å². The van der Waals surface area contributed by atoms with Crippen LogP contribution in [0.25, 0.3) is 0 Å². The molecule has 0 aliphatic heterocycles. The fourth-order valence-corrected chi connectivity index (χ4v) is 1.28. The molecule has 2 amide bonds. The van der Waals surface area contributed by atoms with Gasteiger partial charge in [-0.15, -0.1) is 0 Å². The molecule has 0 aliphatic rings. The Hall–Kier alpha value is -2.11. The number of benzene rings is 1. The van der Waals surface area contributed by atoms with Gasteiger partial charge in [0.25, 0.3) is 0 Å². The summed E-state index contributed by atoms with van der Waals surface area (Å²) in [6.45, 7) is -0.0313. The molecule has 6 heteroatoms. The monoisotopic (exact) mass is 240 g/mol. The molecule has 0 spiro atoms. The molecule has 0 saturated heterocycles. The van der Waals surface area contributed by atoms with Gasteiger partial charge >= 0.3 is 12.0 Å². The number of halogens is 1. The highest BCUT2D eigenvalue weighted by Crippen LogP contribution is 2.13. The van der Waals surface area contributed by atoms with Gasteiger partial charge in [0.2, 0.25) is 0 Å². The number of aromatic carboxylic acids is 1. The van der Waals surface area contributed by atoms with Crippen molar-refractivity contribution in [2.24, 2.45) is 0 Å². The standard InChI is InChI=1S/C11H13FN2O3/c1-14(2)11(17)13-6-7-4-3-5-8(12)9(7)10(15)16/h3-5H,6H2,1-2H3,(H,13,17)(H,15,16). The van der Waals surface area contributed by atoms with Crippen LogP contribution in [0.5, 0.6) is 0 Å². The predicted octanol–water partition coefficient (Wildman–Crippen LogP) is 1.30. The zero-order chi connectivity index (χ0) is 13.0. The maximum atomic E-state index is 13.3. The molecule has 2 N–H and O–H groups in total. The Balaban J connectivity index is 2.88. The minimum absolute atomic E-state index is 0.0313. The van der Waals surface area contributed by atoms with E-state index in [-0.39, 0.29) is 18.1 Å². The molecule has 0 unspecified atom stereocenters. The van der Waals surface area contributed by atoms with Crippen molar-refractivity contribution in [1.29, 1.82) is 0 Å². The van der Waals surface area contributed by atoms with E-state index in [0.29, 0.717) is 0 Å². The lowest BCUT2D eigenvalue weighted by molar-refractivity contribution is 0.0690. The number of carboxylic acid groups (broad SMARTS) is 1. The summed E-state index contributed by atoms with van der Waals surface area (Å²) in [7, 11) is 3.11. The first-order valence-corrected chi connectivity index (χ1v) is 4.89. The third-order valence-corrected chi connectivity index (χ3v) is 2.15. The van der Waals surface area contributed by atoms with Crippen LogP contribution in [-0.4, -0.2) is 36.1 Å². The quantitative estimate of drug-likeness (QED) is 0.836. The lowest BCUT2D eigenvalue weighted by atomic mass is 10.1. The van der Waals surface area contributed by atoms with Gasteiger partial charge in [-0.2, -0.15) is 0 Å². The maximum Gasteiger partial charge on any atom is 0.339 e. The highest BCUT2D eigenvalue weighted by atomic mass is 19.1. The Kier molecular flexibility index (Phi) is 4.03. The van der Waals surface area contributed by atoms with Crippen LogP contribution < -0.4 is 5.32 Å². The normalized spacial score (nSPS) is 9.82. The summed E-state index contributed by atoms with van der Waals surface area (Å²) in [6.07, 6.45) is 0. The molecule has 0 aromatic heterocycles. The maximum absolute atomic E-state index is 13.3. The van der Waals surface area contributed by atoms with E-state index in [2.05, 4.69) is 5.32 Å². The van der Waals surface area contributed by atoms with Crippen LogP contribution in [0.15, 0.2) is 18.2 Å². The Bertz CT molecular complexity index is 446. The highest BCUT2D eigenvalue weighted by molar-refractivity contribution is 5.89.